The van der Waals surface area contributed by atoms with Crippen molar-refractivity contribution in [2.45, 2.75) is 18.2 Å². The molecule has 0 unspecified atom stereocenters. The second-order valence-corrected chi connectivity index (χ2v) is 7.95. The molecule has 0 aliphatic carbocycles. The van der Waals surface area contributed by atoms with E-state index < -0.39 is 15.9 Å². The van der Waals surface area contributed by atoms with Gasteiger partial charge in [0.1, 0.15) is 6.67 Å². The standard InChI is InChI=1S/C18H19N3O4S/c1-14-7-9-16(10-8-14)26(24,25)20-12-11-17(22)21(13-20)19-18(23)15-5-3-2-4-6-15/h2-10H,11-13H2,1H3,(H,19,23). The van der Waals surface area contributed by atoms with Crippen LogP contribution in [0.2, 0.25) is 0 Å². The molecular weight excluding hydrogens is 354 g/mol. The Morgan fingerprint density at radius 3 is 2.35 bits per heavy atom. The maximum Gasteiger partial charge on any atom is 0.269 e. The lowest BCUT2D eigenvalue weighted by Gasteiger charge is -2.34. The average molecular weight is 373 g/mol. The summed E-state index contributed by atoms with van der Waals surface area (Å²) < 4.78 is 26.7. The molecule has 26 heavy (non-hydrogen) atoms. The van der Waals surface area contributed by atoms with Crippen LogP contribution < -0.4 is 5.43 Å². The number of carbonyl (C=O) groups is 2. The Hall–Kier alpha value is -2.71. The molecule has 7 nitrogen and oxygen atoms in total. The van der Waals surface area contributed by atoms with Gasteiger partial charge in [0.25, 0.3) is 5.91 Å². The number of benzene rings is 2. The molecule has 1 aliphatic rings. The summed E-state index contributed by atoms with van der Waals surface area (Å²) in [6.45, 7) is 1.72. The molecule has 1 heterocycles. The van der Waals surface area contributed by atoms with Gasteiger partial charge in [-0.2, -0.15) is 4.31 Å². The van der Waals surface area contributed by atoms with Gasteiger partial charge in [-0.3, -0.25) is 15.0 Å². The first-order valence-corrected chi connectivity index (χ1v) is 9.55. The number of hydrogen-bond donors (Lipinski definition) is 1. The van der Waals surface area contributed by atoms with Crippen LogP contribution in [-0.2, 0) is 14.8 Å². The van der Waals surface area contributed by atoms with E-state index in [-0.39, 0.29) is 30.4 Å². The van der Waals surface area contributed by atoms with E-state index in [1.807, 2.05) is 6.92 Å². The van der Waals surface area contributed by atoms with Gasteiger partial charge in [0.05, 0.1) is 4.90 Å². The fourth-order valence-electron chi connectivity index (χ4n) is 2.59. The highest BCUT2D eigenvalue weighted by Crippen LogP contribution is 2.19. The van der Waals surface area contributed by atoms with Crippen LogP contribution in [0.4, 0.5) is 0 Å². The molecule has 1 N–H and O–H groups in total. The smallest absolute Gasteiger partial charge is 0.269 e. The zero-order valence-electron chi connectivity index (χ0n) is 14.3. The zero-order chi connectivity index (χ0) is 18.7. The monoisotopic (exact) mass is 373 g/mol. The van der Waals surface area contributed by atoms with Crippen molar-refractivity contribution >= 4 is 21.8 Å². The minimum Gasteiger partial charge on any atom is -0.273 e. The van der Waals surface area contributed by atoms with Gasteiger partial charge in [0, 0.05) is 18.5 Å². The first kappa shape index (κ1) is 18.1. The Bertz CT molecular complexity index is 911. The number of sulfonamides is 1. The maximum absolute atomic E-state index is 12.8. The molecule has 0 spiro atoms. The number of hydrazine groups is 1. The predicted octanol–water partition coefficient (Wildman–Crippen LogP) is 1.52. The van der Waals surface area contributed by atoms with Gasteiger partial charge in [0.2, 0.25) is 15.9 Å². The van der Waals surface area contributed by atoms with E-state index in [1.54, 1.807) is 42.5 Å². The van der Waals surface area contributed by atoms with Crippen molar-refractivity contribution in [3.8, 4) is 0 Å². The molecule has 1 saturated heterocycles. The summed E-state index contributed by atoms with van der Waals surface area (Å²) in [7, 11) is -3.75. The van der Waals surface area contributed by atoms with Crippen LogP contribution in [-0.4, -0.2) is 42.8 Å². The summed E-state index contributed by atoms with van der Waals surface area (Å²) in [6.07, 6.45) is 0.000160. The van der Waals surface area contributed by atoms with Crippen LogP contribution >= 0.6 is 0 Å². The molecule has 2 amide bonds. The molecule has 2 aromatic carbocycles. The van der Waals surface area contributed by atoms with Crippen molar-refractivity contribution in [2.75, 3.05) is 13.2 Å². The molecule has 0 aromatic heterocycles. The molecule has 0 atom stereocenters. The summed E-state index contributed by atoms with van der Waals surface area (Å²) in [5.41, 5.74) is 3.83. The molecule has 0 bridgehead atoms. The van der Waals surface area contributed by atoms with Crippen LogP contribution in [0.15, 0.2) is 59.5 Å². The van der Waals surface area contributed by atoms with E-state index in [0.29, 0.717) is 5.56 Å². The molecule has 3 rings (SSSR count). The van der Waals surface area contributed by atoms with Crippen molar-refractivity contribution in [2.24, 2.45) is 0 Å². The van der Waals surface area contributed by atoms with Gasteiger partial charge in [-0.15, -0.1) is 0 Å². The van der Waals surface area contributed by atoms with Crippen molar-refractivity contribution in [3.63, 3.8) is 0 Å². The van der Waals surface area contributed by atoms with E-state index in [2.05, 4.69) is 5.43 Å². The summed E-state index contributed by atoms with van der Waals surface area (Å²) >= 11 is 0. The lowest BCUT2D eigenvalue weighted by Crippen LogP contribution is -2.56. The third-order valence-corrected chi connectivity index (χ3v) is 5.95. The van der Waals surface area contributed by atoms with E-state index in [4.69, 9.17) is 0 Å². The number of nitrogens with one attached hydrogen (secondary N) is 1. The Labute approximate surface area is 152 Å². The molecule has 136 valence electrons. The van der Waals surface area contributed by atoms with E-state index in [0.717, 1.165) is 10.6 Å². The fraction of sp³-hybridized carbons (Fsp3) is 0.222. The first-order chi connectivity index (χ1) is 12.4. The van der Waals surface area contributed by atoms with Crippen LogP contribution in [0.3, 0.4) is 0 Å². The largest absolute Gasteiger partial charge is 0.273 e. The molecule has 1 fully saturated rings. The lowest BCUT2D eigenvalue weighted by atomic mass is 10.2. The van der Waals surface area contributed by atoms with Crippen LogP contribution in [0.1, 0.15) is 22.3 Å². The third-order valence-electron chi connectivity index (χ3n) is 4.11. The summed E-state index contributed by atoms with van der Waals surface area (Å²) in [5.74, 6) is -0.793. The van der Waals surface area contributed by atoms with E-state index in [9.17, 15) is 18.0 Å². The highest BCUT2D eigenvalue weighted by molar-refractivity contribution is 7.89. The highest BCUT2D eigenvalue weighted by Gasteiger charge is 2.33. The average Bonchev–Trinajstić information content (AvgIpc) is 2.64. The number of nitrogens with zero attached hydrogens (tertiary/aromatic N) is 2. The van der Waals surface area contributed by atoms with Crippen LogP contribution in [0.5, 0.6) is 0 Å². The van der Waals surface area contributed by atoms with Crippen molar-refractivity contribution in [1.82, 2.24) is 14.7 Å². The van der Waals surface area contributed by atoms with Gasteiger partial charge in [0.15, 0.2) is 0 Å². The van der Waals surface area contributed by atoms with Gasteiger partial charge >= 0.3 is 0 Å². The second-order valence-electron chi connectivity index (χ2n) is 6.01. The summed E-state index contributed by atoms with van der Waals surface area (Å²) in [6, 6.07) is 14.9. The predicted molar refractivity (Wildman–Crippen MR) is 95.3 cm³/mol. The van der Waals surface area contributed by atoms with Crippen molar-refractivity contribution in [1.29, 1.82) is 0 Å². The van der Waals surface area contributed by atoms with Gasteiger partial charge < -0.3 is 0 Å². The number of rotatable bonds is 4. The second kappa shape index (κ2) is 7.27. The summed E-state index contributed by atoms with van der Waals surface area (Å²) in [4.78, 5) is 24.5. The lowest BCUT2D eigenvalue weighted by molar-refractivity contribution is -0.138. The SMILES string of the molecule is Cc1ccc(S(=O)(=O)N2CCC(=O)N(NC(=O)c3ccccc3)C2)cc1. The Balaban J connectivity index is 1.76. The van der Waals surface area contributed by atoms with Gasteiger partial charge in [-0.25, -0.2) is 13.4 Å². The molecule has 1 aliphatic heterocycles. The summed E-state index contributed by atoms with van der Waals surface area (Å²) in [5, 5.41) is 1.05. The van der Waals surface area contributed by atoms with Gasteiger partial charge in [-0.1, -0.05) is 35.9 Å². The molecule has 2 aromatic rings. The normalized spacial score (nSPS) is 15.7. The number of aryl methyl sites for hydroxylation is 1. The Morgan fingerprint density at radius 1 is 1.04 bits per heavy atom. The molecule has 0 saturated carbocycles. The Kier molecular flexibility index (Phi) is 5.06. The highest BCUT2D eigenvalue weighted by atomic mass is 32.2. The van der Waals surface area contributed by atoms with Gasteiger partial charge in [-0.05, 0) is 31.2 Å². The van der Waals surface area contributed by atoms with E-state index >= 15 is 0 Å². The first-order valence-electron chi connectivity index (χ1n) is 8.11. The van der Waals surface area contributed by atoms with Crippen molar-refractivity contribution in [3.05, 3.63) is 65.7 Å². The van der Waals surface area contributed by atoms with E-state index in [1.165, 1.54) is 16.4 Å². The molecule has 0 radical (unpaired) electrons. The van der Waals surface area contributed by atoms with Crippen LogP contribution in [0, 0.1) is 6.92 Å². The quantitative estimate of drug-likeness (QED) is 0.880. The van der Waals surface area contributed by atoms with Crippen LogP contribution in [0.25, 0.3) is 0 Å². The minimum absolute atomic E-state index is 0.000160. The number of amides is 2. The topological polar surface area (TPSA) is 86.8 Å². The third kappa shape index (κ3) is 3.76. The fourth-order valence-corrected chi connectivity index (χ4v) is 3.97. The minimum atomic E-state index is -3.75. The molecular formula is C18H19N3O4S. The number of carbonyl (C=O) groups excluding carboxylic acids is 2. The number of hydrogen-bond acceptors (Lipinski definition) is 4. The molecule has 8 heteroatoms. The van der Waals surface area contributed by atoms with Crippen molar-refractivity contribution < 1.29 is 18.0 Å². The zero-order valence-corrected chi connectivity index (χ0v) is 15.1. The Morgan fingerprint density at radius 2 is 1.69 bits per heavy atom. The maximum atomic E-state index is 12.8.